The van der Waals surface area contributed by atoms with Gasteiger partial charge in [0.25, 0.3) is 0 Å². The van der Waals surface area contributed by atoms with Gasteiger partial charge in [0.2, 0.25) is 0 Å². The van der Waals surface area contributed by atoms with Gasteiger partial charge in [-0.3, -0.25) is 0 Å². The van der Waals surface area contributed by atoms with Crippen molar-refractivity contribution in [3.63, 3.8) is 0 Å². The second-order valence-electron chi connectivity index (χ2n) is 5.07. The van der Waals surface area contributed by atoms with E-state index in [0.717, 1.165) is 23.9 Å². The molecule has 0 radical (unpaired) electrons. The Bertz CT molecular complexity index is 792. The van der Waals surface area contributed by atoms with Crippen molar-refractivity contribution in [1.82, 2.24) is 0 Å². The average Bonchev–Trinajstić information content (AvgIpc) is 2.62. The molecule has 0 heterocycles. The predicted molar refractivity (Wildman–Crippen MR) is 87.8 cm³/mol. The summed E-state index contributed by atoms with van der Waals surface area (Å²) in [6.45, 7) is -0.0495. The highest BCUT2D eigenvalue weighted by atomic mass is 19.1. The fourth-order valence-corrected chi connectivity index (χ4v) is 2.04. The van der Waals surface area contributed by atoms with Crippen LogP contribution in [0.15, 0.2) is 72.8 Å². The fourth-order valence-electron chi connectivity index (χ4n) is 2.04. The van der Waals surface area contributed by atoms with E-state index in [9.17, 15) is 8.78 Å². The second-order valence-corrected chi connectivity index (χ2v) is 5.07. The lowest BCUT2D eigenvalue weighted by Gasteiger charge is -2.10. The van der Waals surface area contributed by atoms with Gasteiger partial charge in [-0.1, -0.05) is 18.2 Å². The molecule has 0 bridgehead atoms. The third kappa shape index (κ3) is 4.23. The Balaban J connectivity index is 1.55. The molecule has 0 aliphatic rings. The molecule has 0 saturated carbocycles. The number of anilines is 1. The molecule has 0 aliphatic heterocycles. The Morgan fingerprint density at radius 1 is 0.792 bits per heavy atom. The van der Waals surface area contributed by atoms with Crippen molar-refractivity contribution in [2.24, 2.45) is 0 Å². The number of benzene rings is 3. The van der Waals surface area contributed by atoms with Crippen LogP contribution in [0.3, 0.4) is 0 Å². The molecular weight excluding hydrogens is 312 g/mol. The van der Waals surface area contributed by atoms with Crippen molar-refractivity contribution in [3.05, 3.63) is 90.0 Å². The van der Waals surface area contributed by atoms with E-state index >= 15 is 0 Å². The van der Waals surface area contributed by atoms with E-state index < -0.39 is 11.6 Å². The molecule has 0 aliphatic carbocycles. The molecule has 0 unspecified atom stereocenters. The average molecular weight is 327 g/mol. The lowest BCUT2D eigenvalue weighted by molar-refractivity contribution is 0.298. The topological polar surface area (TPSA) is 30.5 Å². The van der Waals surface area contributed by atoms with Crippen LogP contribution in [0.5, 0.6) is 11.5 Å². The molecule has 24 heavy (non-hydrogen) atoms. The molecule has 3 aromatic rings. The highest BCUT2D eigenvalue weighted by Crippen LogP contribution is 2.20. The Kier molecular flexibility index (Phi) is 4.91. The van der Waals surface area contributed by atoms with Crippen LogP contribution in [0.2, 0.25) is 0 Å². The third-order valence-corrected chi connectivity index (χ3v) is 3.29. The number of nitrogens with one attached hydrogen (secondary N) is 1. The van der Waals surface area contributed by atoms with Gasteiger partial charge < -0.3 is 9.57 Å². The summed E-state index contributed by atoms with van der Waals surface area (Å²) in [5, 5.41) is 0. The summed E-state index contributed by atoms with van der Waals surface area (Å²) < 4.78 is 32.1. The molecule has 0 amide bonds. The van der Waals surface area contributed by atoms with Gasteiger partial charge >= 0.3 is 0 Å². The number of hydrogen-bond donors (Lipinski definition) is 1. The van der Waals surface area contributed by atoms with E-state index in [1.165, 1.54) is 0 Å². The van der Waals surface area contributed by atoms with Gasteiger partial charge in [0, 0.05) is 5.56 Å². The van der Waals surface area contributed by atoms with Gasteiger partial charge in [-0.05, 0) is 54.6 Å². The monoisotopic (exact) mass is 327 g/mol. The Morgan fingerprint density at radius 2 is 1.50 bits per heavy atom. The van der Waals surface area contributed by atoms with Crippen molar-refractivity contribution < 1.29 is 18.4 Å². The number of halogens is 2. The van der Waals surface area contributed by atoms with E-state index in [1.807, 2.05) is 30.3 Å². The molecule has 0 spiro atoms. The lowest BCUT2D eigenvalue weighted by atomic mass is 10.2. The zero-order chi connectivity index (χ0) is 16.8. The van der Waals surface area contributed by atoms with Crippen LogP contribution in [0.4, 0.5) is 14.5 Å². The van der Waals surface area contributed by atoms with Crippen molar-refractivity contribution >= 4 is 5.69 Å². The van der Waals surface area contributed by atoms with Gasteiger partial charge in [-0.2, -0.15) is 0 Å². The summed E-state index contributed by atoms with van der Waals surface area (Å²) in [6.07, 6.45) is 0. The fraction of sp³-hybridized carbons (Fsp3) is 0.0526. The quantitative estimate of drug-likeness (QED) is 0.650. The van der Waals surface area contributed by atoms with Crippen LogP contribution >= 0.6 is 0 Å². The largest absolute Gasteiger partial charge is 0.489 e. The summed E-state index contributed by atoms with van der Waals surface area (Å²) in [5.74, 6) is 0.142. The first-order valence-corrected chi connectivity index (χ1v) is 7.35. The minimum absolute atomic E-state index is 0.0495. The third-order valence-electron chi connectivity index (χ3n) is 3.29. The molecule has 1 N–H and O–H groups in total. The van der Waals surface area contributed by atoms with Gasteiger partial charge in [0.05, 0.1) is 5.69 Å². The number of hydrogen-bond acceptors (Lipinski definition) is 3. The first-order chi connectivity index (χ1) is 11.7. The molecule has 0 saturated heterocycles. The van der Waals surface area contributed by atoms with E-state index in [-0.39, 0.29) is 12.2 Å². The molecule has 5 heteroatoms. The van der Waals surface area contributed by atoms with E-state index in [1.54, 1.807) is 24.3 Å². The Morgan fingerprint density at radius 3 is 2.25 bits per heavy atom. The Hall–Kier alpha value is -3.08. The summed E-state index contributed by atoms with van der Waals surface area (Å²) in [6, 6.07) is 19.6. The maximum absolute atomic E-state index is 13.5. The van der Waals surface area contributed by atoms with Crippen molar-refractivity contribution in [2.75, 3.05) is 5.48 Å². The smallest absolute Gasteiger partial charge is 0.155 e. The van der Waals surface area contributed by atoms with Crippen molar-refractivity contribution in [2.45, 2.75) is 6.61 Å². The van der Waals surface area contributed by atoms with Gasteiger partial charge in [0.15, 0.2) is 5.75 Å². The minimum Gasteiger partial charge on any atom is -0.489 e. The van der Waals surface area contributed by atoms with Crippen molar-refractivity contribution in [1.29, 1.82) is 0 Å². The van der Waals surface area contributed by atoms with E-state index in [4.69, 9.17) is 9.57 Å². The summed E-state index contributed by atoms with van der Waals surface area (Å²) >= 11 is 0. The minimum atomic E-state index is -0.497. The molecular formula is C19H15F2NO2. The van der Waals surface area contributed by atoms with Crippen LogP contribution in [-0.4, -0.2) is 0 Å². The van der Waals surface area contributed by atoms with Gasteiger partial charge in [-0.25, -0.2) is 14.3 Å². The number of rotatable bonds is 6. The normalized spacial score (nSPS) is 10.2. The van der Waals surface area contributed by atoms with Gasteiger partial charge in [0.1, 0.15) is 24.0 Å². The zero-order valence-corrected chi connectivity index (χ0v) is 12.7. The maximum Gasteiger partial charge on any atom is 0.155 e. The second kappa shape index (κ2) is 7.46. The van der Waals surface area contributed by atoms with Gasteiger partial charge in [-0.15, -0.1) is 0 Å². The van der Waals surface area contributed by atoms with Crippen LogP contribution in [0.1, 0.15) is 5.56 Å². The SMILES string of the molecule is Fc1ccc(F)c(COc2ccc(ONc3ccccc3)cc2)c1. The van der Waals surface area contributed by atoms with Crippen LogP contribution in [0.25, 0.3) is 0 Å². The molecule has 0 atom stereocenters. The number of para-hydroxylation sites is 1. The molecule has 3 aromatic carbocycles. The molecule has 122 valence electrons. The zero-order valence-electron chi connectivity index (χ0n) is 12.7. The molecule has 0 aromatic heterocycles. The predicted octanol–water partition coefficient (Wildman–Crippen LogP) is 4.95. The summed E-state index contributed by atoms with van der Waals surface area (Å²) in [5.41, 5.74) is 3.82. The van der Waals surface area contributed by atoms with E-state index in [2.05, 4.69) is 5.48 Å². The summed E-state index contributed by atoms with van der Waals surface area (Å²) in [7, 11) is 0. The first kappa shape index (κ1) is 15.8. The molecule has 3 rings (SSSR count). The van der Waals surface area contributed by atoms with Crippen LogP contribution in [0, 0.1) is 11.6 Å². The Labute approximate surface area is 138 Å². The lowest BCUT2D eigenvalue weighted by Crippen LogP contribution is -2.04. The summed E-state index contributed by atoms with van der Waals surface area (Å²) in [4.78, 5) is 5.43. The van der Waals surface area contributed by atoms with E-state index in [0.29, 0.717) is 11.5 Å². The standard InChI is InChI=1S/C19H15F2NO2/c20-15-6-11-19(21)14(12-15)13-23-17-7-9-18(10-8-17)24-22-16-4-2-1-3-5-16/h1-12,22H,13H2. The molecule has 3 nitrogen and oxygen atoms in total. The van der Waals surface area contributed by atoms with Crippen LogP contribution in [-0.2, 0) is 6.61 Å². The van der Waals surface area contributed by atoms with Crippen LogP contribution < -0.4 is 15.1 Å². The number of ether oxygens (including phenoxy) is 1. The maximum atomic E-state index is 13.5. The van der Waals surface area contributed by atoms with Crippen molar-refractivity contribution in [3.8, 4) is 11.5 Å². The first-order valence-electron chi connectivity index (χ1n) is 7.35. The highest BCUT2D eigenvalue weighted by Gasteiger charge is 2.05. The highest BCUT2D eigenvalue weighted by molar-refractivity contribution is 5.41. The molecule has 0 fully saturated rings.